The van der Waals surface area contributed by atoms with E-state index >= 15 is 0 Å². The van der Waals surface area contributed by atoms with E-state index in [1.807, 2.05) is 25.6 Å². The molecule has 2 saturated heterocycles. The van der Waals surface area contributed by atoms with E-state index in [1.54, 1.807) is 0 Å². The van der Waals surface area contributed by atoms with Gasteiger partial charge in [-0.15, -0.1) is 11.8 Å². The lowest BCUT2D eigenvalue weighted by Crippen LogP contribution is -2.55. The summed E-state index contributed by atoms with van der Waals surface area (Å²) < 4.78 is 0. The maximum absolute atomic E-state index is 12.8. The number of piperidine rings is 1. The Morgan fingerprint density at radius 3 is 2.29 bits per heavy atom. The largest absolute Gasteiger partial charge is 0.342 e. The van der Waals surface area contributed by atoms with Gasteiger partial charge in [-0.2, -0.15) is 0 Å². The van der Waals surface area contributed by atoms with Crippen LogP contribution in [-0.4, -0.2) is 51.9 Å². The van der Waals surface area contributed by atoms with Gasteiger partial charge < -0.3 is 9.80 Å². The Kier molecular flexibility index (Phi) is 7.02. The summed E-state index contributed by atoms with van der Waals surface area (Å²) in [5.74, 6) is 1.88. The Morgan fingerprint density at radius 2 is 1.75 bits per heavy atom. The summed E-state index contributed by atoms with van der Waals surface area (Å²) in [5.41, 5.74) is 0. The molecular formula is C19H34N2O2S. The molecule has 2 aliphatic rings. The molecule has 24 heavy (non-hydrogen) atoms. The number of nitrogens with zero attached hydrogens (tertiary/aromatic N) is 2. The predicted molar refractivity (Wildman–Crippen MR) is 101 cm³/mol. The van der Waals surface area contributed by atoms with Crippen LogP contribution in [0.5, 0.6) is 0 Å². The molecule has 2 amide bonds. The van der Waals surface area contributed by atoms with Crippen molar-refractivity contribution in [1.29, 1.82) is 0 Å². The molecule has 2 fully saturated rings. The van der Waals surface area contributed by atoms with Crippen molar-refractivity contribution in [3.05, 3.63) is 0 Å². The zero-order valence-corrected chi connectivity index (χ0v) is 16.7. The van der Waals surface area contributed by atoms with Gasteiger partial charge in [-0.25, -0.2) is 0 Å². The average Bonchev–Trinajstić information content (AvgIpc) is 2.98. The van der Waals surface area contributed by atoms with Gasteiger partial charge in [0.05, 0.1) is 4.87 Å². The summed E-state index contributed by atoms with van der Waals surface area (Å²) in [7, 11) is 0. The van der Waals surface area contributed by atoms with E-state index in [0.717, 1.165) is 63.9 Å². The van der Waals surface area contributed by atoms with E-state index in [4.69, 9.17) is 0 Å². The Labute approximate surface area is 151 Å². The lowest BCUT2D eigenvalue weighted by atomic mass is 9.95. The van der Waals surface area contributed by atoms with E-state index in [9.17, 15) is 9.59 Å². The lowest BCUT2D eigenvalue weighted by Gasteiger charge is -2.45. The van der Waals surface area contributed by atoms with Crippen molar-refractivity contribution in [2.45, 2.75) is 71.1 Å². The molecule has 0 bridgehead atoms. The van der Waals surface area contributed by atoms with Gasteiger partial charge >= 0.3 is 0 Å². The highest BCUT2D eigenvalue weighted by Crippen LogP contribution is 2.44. The number of rotatable bonds is 6. The second kappa shape index (κ2) is 8.59. The SMILES string of the molecule is CCCCC(CC)C(=O)N1CCC2(CC1)SCCN2C(=O)C(C)C. The van der Waals surface area contributed by atoms with Crippen LogP contribution in [0.25, 0.3) is 0 Å². The third kappa shape index (κ3) is 4.09. The highest BCUT2D eigenvalue weighted by molar-refractivity contribution is 8.00. The van der Waals surface area contributed by atoms with Gasteiger partial charge in [-0.05, 0) is 25.7 Å². The molecule has 0 N–H and O–H groups in total. The molecular weight excluding hydrogens is 320 g/mol. The molecule has 0 radical (unpaired) electrons. The lowest BCUT2D eigenvalue weighted by molar-refractivity contribution is -0.141. The standard InChI is InChI=1S/C19H34N2O2S/c1-5-7-8-16(6-2)18(23)20-11-9-19(10-12-20)21(13-14-24-19)17(22)15(3)4/h15-16H,5-14H2,1-4H3. The molecule has 2 rings (SSSR count). The number of amides is 2. The Hall–Kier alpha value is -0.710. The molecule has 2 heterocycles. The van der Waals surface area contributed by atoms with Crippen LogP contribution in [0, 0.1) is 11.8 Å². The van der Waals surface area contributed by atoms with Crippen molar-refractivity contribution in [3.8, 4) is 0 Å². The van der Waals surface area contributed by atoms with E-state index in [0.29, 0.717) is 5.91 Å². The van der Waals surface area contributed by atoms with Gasteiger partial charge in [0, 0.05) is 37.2 Å². The van der Waals surface area contributed by atoms with Crippen LogP contribution in [0.2, 0.25) is 0 Å². The van der Waals surface area contributed by atoms with Crippen LogP contribution in [0.15, 0.2) is 0 Å². The zero-order chi connectivity index (χ0) is 17.7. The summed E-state index contributed by atoms with van der Waals surface area (Å²) in [4.78, 5) is 29.5. The smallest absolute Gasteiger partial charge is 0.226 e. The maximum atomic E-state index is 12.8. The van der Waals surface area contributed by atoms with E-state index in [1.165, 1.54) is 0 Å². The zero-order valence-electron chi connectivity index (χ0n) is 15.8. The molecule has 4 nitrogen and oxygen atoms in total. The fourth-order valence-electron chi connectivity index (χ4n) is 3.93. The summed E-state index contributed by atoms with van der Waals surface area (Å²) in [5, 5.41) is 0. The minimum absolute atomic E-state index is 0.0523. The number of hydrogen-bond acceptors (Lipinski definition) is 3. The monoisotopic (exact) mass is 354 g/mol. The number of carbonyl (C=O) groups excluding carboxylic acids is 2. The van der Waals surface area contributed by atoms with Gasteiger partial charge in [-0.1, -0.05) is 40.5 Å². The molecule has 2 aliphatic heterocycles. The Balaban J connectivity index is 1.97. The number of carbonyl (C=O) groups is 2. The predicted octanol–water partition coefficient (Wildman–Crippen LogP) is 3.75. The highest BCUT2D eigenvalue weighted by atomic mass is 32.2. The van der Waals surface area contributed by atoms with Gasteiger partial charge in [0.1, 0.15) is 0 Å². The number of likely N-dealkylation sites (tertiary alicyclic amines) is 1. The first-order chi connectivity index (χ1) is 11.4. The van der Waals surface area contributed by atoms with Crippen LogP contribution in [0.1, 0.15) is 66.2 Å². The second-order valence-corrected chi connectivity index (χ2v) is 8.97. The van der Waals surface area contributed by atoms with Gasteiger partial charge in [0.2, 0.25) is 11.8 Å². The fraction of sp³-hybridized carbons (Fsp3) is 0.895. The topological polar surface area (TPSA) is 40.6 Å². The molecule has 0 aromatic carbocycles. The Bertz CT molecular complexity index is 445. The third-order valence-corrected chi connectivity index (χ3v) is 7.09. The molecule has 5 heteroatoms. The maximum Gasteiger partial charge on any atom is 0.226 e. The minimum Gasteiger partial charge on any atom is -0.342 e. The first-order valence-electron chi connectivity index (χ1n) is 9.69. The first-order valence-corrected chi connectivity index (χ1v) is 10.7. The fourth-order valence-corrected chi connectivity index (χ4v) is 5.40. The van der Waals surface area contributed by atoms with Gasteiger partial charge in [0.25, 0.3) is 0 Å². The van der Waals surface area contributed by atoms with Crippen molar-refractivity contribution in [3.63, 3.8) is 0 Å². The van der Waals surface area contributed by atoms with Crippen molar-refractivity contribution in [2.24, 2.45) is 11.8 Å². The third-order valence-electron chi connectivity index (χ3n) is 5.54. The molecule has 138 valence electrons. The molecule has 0 aromatic rings. The highest BCUT2D eigenvalue weighted by Gasteiger charge is 2.47. The van der Waals surface area contributed by atoms with E-state index in [-0.39, 0.29) is 22.6 Å². The minimum atomic E-state index is -0.0523. The summed E-state index contributed by atoms with van der Waals surface area (Å²) >= 11 is 1.93. The molecule has 0 aromatic heterocycles. The van der Waals surface area contributed by atoms with Crippen LogP contribution in [-0.2, 0) is 9.59 Å². The summed E-state index contributed by atoms with van der Waals surface area (Å²) in [6, 6.07) is 0. The Morgan fingerprint density at radius 1 is 1.08 bits per heavy atom. The average molecular weight is 355 g/mol. The molecule has 1 atom stereocenters. The first kappa shape index (κ1) is 19.6. The van der Waals surface area contributed by atoms with Crippen molar-refractivity contribution in [1.82, 2.24) is 9.80 Å². The molecule has 1 spiro atoms. The van der Waals surface area contributed by atoms with Crippen molar-refractivity contribution < 1.29 is 9.59 Å². The molecule has 1 unspecified atom stereocenters. The number of hydrogen-bond donors (Lipinski definition) is 0. The molecule has 0 aliphatic carbocycles. The normalized spacial score (nSPS) is 21.5. The van der Waals surface area contributed by atoms with E-state index in [2.05, 4.69) is 23.6 Å². The summed E-state index contributed by atoms with van der Waals surface area (Å²) in [6.07, 6.45) is 6.08. The van der Waals surface area contributed by atoms with E-state index < -0.39 is 0 Å². The molecule has 0 saturated carbocycles. The van der Waals surface area contributed by atoms with Gasteiger partial charge in [-0.3, -0.25) is 9.59 Å². The van der Waals surface area contributed by atoms with Crippen LogP contribution in [0.4, 0.5) is 0 Å². The number of thioether (sulfide) groups is 1. The van der Waals surface area contributed by atoms with Crippen LogP contribution >= 0.6 is 11.8 Å². The quantitative estimate of drug-likeness (QED) is 0.729. The van der Waals surface area contributed by atoms with Crippen LogP contribution < -0.4 is 0 Å². The van der Waals surface area contributed by atoms with Crippen molar-refractivity contribution >= 4 is 23.6 Å². The number of unbranched alkanes of at least 4 members (excludes halogenated alkanes) is 1. The van der Waals surface area contributed by atoms with Crippen LogP contribution in [0.3, 0.4) is 0 Å². The van der Waals surface area contributed by atoms with Crippen molar-refractivity contribution in [2.75, 3.05) is 25.4 Å². The second-order valence-electron chi connectivity index (χ2n) is 7.51. The van der Waals surface area contributed by atoms with Gasteiger partial charge in [0.15, 0.2) is 0 Å². The summed E-state index contributed by atoms with van der Waals surface area (Å²) in [6.45, 7) is 10.7.